The zero-order chi connectivity index (χ0) is 14.0. The zero-order valence-corrected chi connectivity index (χ0v) is 12.3. The van der Waals surface area contributed by atoms with Gasteiger partial charge in [-0.05, 0) is 11.6 Å². The molecule has 0 bridgehead atoms. The smallest absolute Gasteiger partial charge is 0.349 e. The molecule has 1 N–H and O–H groups in total. The molecule has 4 nitrogen and oxygen atoms in total. The summed E-state index contributed by atoms with van der Waals surface area (Å²) in [6.07, 6.45) is 0. The van der Waals surface area contributed by atoms with Crippen molar-refractivity contribution < 1.29 is 9.90 Å². The standard InChI is InChI=1S/C12H10Cl2N2O2S/c1-16(6-7-4-2-3-5-8(7)13)12-15-10(14)9(19-12)11(17)18/h2-5H,6H2,1H3,(H,17,18). The molecule has 0 saturated heterocycles. The molecule has 0 fully saturated rings. The van der Waals surface area contributed by atoms with Crippen LogP contribution in [0.5, 0.6) is 0 Å². The predicted molar refractivity (Wildman–Crippen MR) is 77.6 cm³/mol. The van der Waals surface area contributed by atoms with Gasteiger partial charge in [-0.15, -0.1) is 0 Å². The van der Waals surface area contributed by atoms with Gasteiger partial charge in [0.05, 0.1) is 0 Å². The molecule has 100 valence electrons. The van der Waals surface area contributed by atoms with Gasteiger partial charge >= 0.3 is 5.97 Å². The minimum absolute atomic E-state index is 0.0125. The third-order valence-electron chi connectivity index (χ3n) is 2.46. The van der Waals surface area contributed by atoms with Crippen molar-refractivity contribution in [3.63, 3.8) is 0 Å². The van der Waals surface area contributed by atoms with Crippen molar-refractivity contribution in [3.05, 3.63) is 44.9 Å². The minimum atomic E-state index is -1.07. The highest BCUT2D eigenvalue weighted by Crippen LogP contribution is 2.30. The zero-order valence-electron chi connectivity index (χ0n) is 9.93. The van der Waals surface area contributed by atoms with Crippen molar-refractivity contribution in [2.24, 2.45) is 0 Å². The lowest BCUT2D eigenvalue weighted by Gasteiger charge is -2.16. The molecular weight excluding hydrogens is 307 g/mol. The summed E-state index contributed by atoms with van der Waals surface area (Å²) in [5.74, 6) is -1.07. The number of aromatic nitrogens is 1. The van der Waals surface area contributed by atoms with Crippen molar-refractivity contribution >= 4 is 45.6 Å². The molecular formula is C12H10Cl2N2O2S. The molecule has 1 heterocycles. The van der Waals surface area contributed by atoms with Crippen LogP contribution in [0.25, 0.3) is 0 Å². The molecule has 0 saturated carbocycles. The minimum Gasteiger partial charge on any atom is -0.477 e. The second-order valence-corrected chi connectivity index (χ2v) is 5.61. The van der Waals surface area contributed by atoms with E-state index in [2.05, 4.69) is 4.98 Å². The lowest BCUT2D eigenvalue weighted by atomic mass is 10.2. The Morgan fingerprint density at radius 1 is 1.42 bits per heavy atom. The predicted octanol–water partition coefficient (Wildman–Crippen LogP) is 3.78. The van der Waals surface area contributed by atoms with Crippen LogP contribution in [0.15, 0.2) is 24.3 Å². The highest BCUT2D eigenvalue weighted by Gasteiger charge is 2.18. The highest BCUT2D eigenvalue weighted by molar-refractivity contribution is 7.18. The fourth-order valence-corrected chi connectivity index (χ4v) is 2.82. The number of carbonyl (C=O) groups is 1. The van der Waals surface area contributed by atoms with Crippen molar-refractivity contribution in [1.82, 2.24) is 4.98 Å². The summed E-state index contributed by atoms with van der Waals surface area (Å²) < 4.78 is 0. The number of benzene rings is 1. The van der Waals surface area contributed by atoms with E-state index in [4.69, 9.17) is 28.3 Å². The third kappa shape index (κ3) is 3.18. The van der Waals surface area contributed by atoms with Crippen LogP contribution < -0.4 is 4.90 Å². The van der Waals surface area contributed by atoms with Crippen molar-refractivity contribution in [2.75, 3.05) is 11.9 Å². The molecule has 1 aromatic heterocycles. The van der Waals surface area contributed by atoms with Gasteiger partial charge in [0, 0.05) is 18.6 Å². The number of carboxylic acid groups (broad SMARTS) is 1. The van der Waals surface area contributed by atoms with Crippen molar-refractivity contribution in [3.8, 4) is 0 Å². The van der Waals surface area contributed by atoms with Crippen LogP contribution in [0.2, 0.25) is 10.2 Å². The molecule has 2 rings (SSSR count). The largest absolute Gasteiger partial charge is 0.477 e. The topological polar surface area (TPSA) is 53.4 Å². The second kappa shape index (κ2) is 5.77. The normalized spacial score (nSPS) is 10.5. The Hall–Kier alpha value is -1.30. The number of hydrogen-bond acceptors (Lipinski definition) is 4. The van der Waals surface area contributed by atoms with Crippen LogP contribution in [-0.2, 0) is 6.54 Å². The second-order valence-electron chi connectivity index (χ2n) is 3.87. The fourth-order valence-electron chi connectivity index (χ4n) is 1.54. The van der Waals surface area contributed by atoms with Gasteiger partial charge in [-0.2, -0.15) is 0 Å². The number of carboxylic acids is 1. The average molecular weight is 317 g/mol. The van der Waals surface area contributed by atoms with Crippen LogP contribution >= 0.6 is 34.5 Å². The molecule has 1 aromatic carbocycles. The number of thiazole rings is 1. The SMILES string of the molecule is CN(Cc1ccccc1Cl)c1nc(Cl)c(C(=O)O)s1. The van der Waals surface area contributed by atoms with Crippen LogP contribution in [-0.4, -0.2) is 23.1 Å². The Morgan fingerprint density at radius 3 is 2.68 bits per heavy atom. The summed E-state index contributed by atoms with van der Waals surface area (Å²) in [6, 6.07) is 7.47. The summed E-state index contributed by atoms with van der Waals surface area (Å²) >= 11 is 12.9. The molecule has 0 radical (unpaired) electrons. The molecule has 2 aromatic rings. The van der Waals surface area contributed by atoms with E-state index in [9.17, 15) is 4.79 Å². The van der Waals surface area contributed by atoms with Crippen molar-refractivity contribution in [1.29, 1.82) is 0 Å². The van der Waals surface area contributed by atoms with E-state index in [1.807, 2.05) is 36.2 Å². The Kier molecular flexibility index (Phi) is 4.29. The molecule has 7 heteroatoms. The van der Waals surface area contributed by atoms with Gasteiger partial charge in [-0.3, -0.25) is 0 Å². The maximum Gasteiger partial charge on any atom is 0.349 e. The van der Waals surface area contributed by atoms with Gasteiger partial charge in [0.15, 0.2) is 15.2 Å². The molecule has 0 aliphatic rings. The number of aromatic carboxylic acids is 1. The Labute approximate surface area is 124 Å². The van der Waals surface area contributed by atoms with E-state index in [1.54, 1.807) is 0 Å². The quantitative estimate of drug-likeness (QED) is 0.932. The first-order valence-corrected chi connectivity index (χ1v) is 6.90. The van der Waals surface area contributed by atoms with E-state index in [0.29, 0.717) is 16.7 Å². The van der Waals surface area contributed by atoms with Gasteiger partial charge in [-0.25, -0.2) is 9.78 Å². The summed E-state index contributed by atoms with van der Waals surface area (Å²) in [5, 5.41) is 10.2. The van der Waals surface area contributed by atoms with E-state index < -0.39 is 5.97 Å². The van der Waals surface area contributed by atoms with Gasteiger partial charge in [0.25, 0.3) is 0 Å². The molecule has 0 unspecified atom stereocenters. The van der Waals surface area contributed by atoms with Crippen LogP contribution in [0.4, 0.5) is 5.13 Å². The first-order valence-electron chi connectivity index (χ1n) is 5.33. The summed E-state index contributed by atoms with van der Waals surface area (Å²) in [6.45, 7) is 0.530. The molecule has 0 aliphatic carbocycles. The van der Waals surface area contributed by atoms with Gasteiger partial charge in [0.2, 0.25) is 0 Å². The van der Waals surface area contributed by atoms with E-state index in [1.165, 1.54) is 0 Å². The molecule has 0 spiro atoms. The first kappa shape index (κ1) is 14.1. The summed E-state index contributed by atoms with van der Waals surface area (Å²) in [4.78, 5) is 16.8. The number of rotatable bonds is 4. The van der Waals surface area contributed by atoms with Crippen LogP contribution in [0, 0.1) is 0 Å². The Morgan fingerprint density at radius 2 is 2.11 bits per heavy atom. The number of hydrogen-bond donors (Lipinski definition) is 1. The van der Waals surface area contributed by atoms with Gasteiger partial charge < -0.3 is 10.0 Å². The van der Waals surface area contributed by atoms with Crippen LogP contribution in [0.1, 0.15) is 15.2 Å². The lowest BCUT2D eigenvalue weighted by Crippen LogP contribution is -2.16. The Bertz CT molecular complexity index is 616. The number of anilines is 1. The number of halogens is 2. The van der Waals surface area contributed by atoms with Crippen molar-refractivity contribution in [2.45, 2.75) is 6.54 Å². The van der Waals surface area contributed by atoms with E-state index in [0.717, 1.165) is 16.9 Å². The summed E-state index contributed by atoms with van der Waals surface area (Å²) in [7, 11) is 1.81. The van der Waals surface area contributed by atoms with Crippen LogP contribution in [0.3, 0.4) is 0 Å². The highest BCUT2D eigenvalue weighted by atomic mass is 35.5. The van der Waals surface area contributed by atoms with E-state index in [-0.39, 0.29) is 10.0 Å². The van der Waals surface area contributed by atoms with Gasteiger partial charge in [-0.1, -0.05) is 52.7 Å². The first-order chi connectivity index (χ1) is 8.99. The number of nitrogens with zero attached hydrogens (tertiary/aromatic N) is 2. The third-order valence-corrected chi connectivity index (χ3v) is 4.37. The maximum absolute atomic E-state index is 10.9. The summed E-state index contributed by atoms with van der Waals surface area (Å²) in [5.41, 5.74) is 0.940. The monoisotopic (exact) mass is 316 g/mol. The maximum atomic E-state index is 10.9. The average Bonchev–Trinajstić information content (AvgIpc) is 2.74. The molecule has 0 amide bonds. The van der Waals surface area contributed by atoms with E-state index >= 15 is 0 Å². The fraction of sp³-hybridized carbons (Fsp3) is 0.167. The lowest BCUT2D eigenvalue weighted by molar-refractivity contribution is 0.0702. The molecule has 0 aliphatic heterocycles. The molecule has 0 atom stereocenters. The Balaban J connectivity index is 2.21. The van der Waals surface area contributed by atoms with Gasteiger partial charge in [0.1, 0.15) is 0 Å². The molecule has 19 heavy (non-hydrogen) atoms.